The Morgan fingerprint density at radius 2 is 2.00 bits per heavy atom. The van der Waals surface area contributed by atoms with Gasteiger partial charge in [-0.15, -0.1) is 6.58 Å². The van der Waals surface area contributed by atoms with Crippen molar-refractivity contribution in [2.45, 2.75) is 65.7 Å². The maximum Gasteiger partial charge on any atom is -0.0297 e. The van der Waals surface area contributed by atoms with Gasteiger partial charge in [-0.3, -0.25) is 0 Å². The molecule has 0 amide bonds. The Balaban J connectivity index is 2.21. The van der Waals surface area contributed by atoms with E-state index in [0.29, 0.717) is 0 Å². The van der Waals surface area contributed by atoms with Crippen LogP contribution < -0.4 is 0 Å². The van der Waals surface area contributed by atoms with Gasteiger partial charge in [-0.25, -0.2) is 0 Å². The van der Waals surface area contributed by atoms with Gasteiger partial charge in [-0.1, -0.05) is 38.7 Å². The molecule has 0 bridgehead atoms. The zero-order valence-electron chi connectivity index (χ0n) is 10.9. The molecule has 0 nitrogen and oxygen atoms in total. The predicted octanol–water partition coefficient (Wildman–Crippen LogP) is 5.20. The Labute approximate surface area is 96.2 Å². The normalized spacial score (nSPS) is 27.9. The fraction of sp³-hybridized carbons (Fsp3) is 0.867. The van der Waals surface area contributed by atoms with Crippen LogP contribution in [0.15, 0.2) is 12.2 Å². The van der Waals surface area contributed by atoms with Crippen LogP contribution in [-0.2, 0) is 0 Å². The molecule has 15 heavy (non-hydrogen) atoms. The molecule has 0 aliphatic heterocycles. The molecule has 3 unspecified atom stereocenters. The van der Waals surface area contributed by atoms with Crippen LogP contribution in [0.4, 0.5) is 0 Å². The standard InChI is InChI=1S/C15H28/c1-5-6-13(4)10-15-8-7-14(11-15)9-12(2)3/h13-15H,2,5-11H2,1,3-4H3. The van der Waals surface area contributed by atoms with Gasteiger partial charge in [0.1, 0.15) is 0 Å². The maximum atomic E-state index is 4.03. The lowest BCUT2D eigenvalue weighted by Crippen LogP contribution is -2.03. The summed E-state index contributed by atoms with van der Waals surface area (Å²) in [7, 11) is 0. The minimum Gasteiger partial charge on any atom is -0.100 e. The highest BCUT2D eigenvalue weighted by molar-refractivity contribution is 4.92. The summed E-state index contributed by atoms with van der Waals surface area (Å²) in [6.45, 7) is 10.9. The summed E-state index contributed by atoms with van der Waals surface area (Å²) < 4.78 is 0. The number of hydrogen-bond acceptors (Lipinski definition) is 0. The van der Waals surface area contributed by atoms with Gasteiger partial charge >= 0.3 is 0 Å². The van der Waals surface area contributed by atoms with Crippen molar-refractivity contribution in [1.29, 1.82) is 0 Å². The molecule has 0 N–H and O–H groups in total. The predicted molar refractivity (Wildman–Crippen MR) is 69.0 cm³/mol. The van der Waals surface area contributed by atoms with Crippen molar-refractivity contribution in [2.24, 2.45) is 17.8 Å². The van der Waals surface area contributed by atoms with Crippen molar-refractivity contribution in [3.8, 4) is 0 Å². The number of rotatable bonds is 6. The van der Waals surface area contributed by atoms with Gasteiger partial charge in [0.15, 0.2) is 0 Å². The van der Waals surface area contributed by atoms with Crippen LogP contribution in [-0.4, -0.2) is 0 Å². The molecular formula is C15H28. The quantitative estimate of drug-likeness (QED) is 0.527. The SMILES string of the molecule is C=C(C)CC1CCC(CC(C)CCC)C1. The molecule has 0 heterocycles. The second-order valence-electron chi connectivity index (χ2n) is 5.84. The van der Waals surface area contributed by atoms with Crippen molar-refractivity contribution in [3.63, 3.8) is 0 Å². The Morgan fingerprint density at radius 3 is 2.60 bits per heavy atom. The molecule has 1 rings (SSSR count). The van der Waals surface area contributed by atoms with Crippen LogP contribution in [0.25, 0.3) is 0 Å². The van der Waals surface area contributed by atoms with Crippen LogP contribution >= 0.6 is 0 Å². The first-order valence-corrected chi connectivity index (χ1v) is 6.76. The minimum absolute atomic E-state index is 0.948. The average molecular weight is 208 g/mol. The van der Waals surface area contributed by atoms with Crippen LogP contribution in [0.5, 0.6) is 0 Å². The molecule has 0 heteroatoms. The van der Waals surface area contributed by atoms with Crippen LogP contribution in [0.2, 0.25) is 0 Å². The molecule has 88 valence electrons. The van der Waals surface area contributed by atoms with E-state index >= 15 is 0 Å². The summed E-state index contributed by atoms with van der Waals surface area (Å²) >= 11 is 0. The monoisotopic (exact) mass is 208 g/mol. The average Bonchev–Trinajstić information content (AvgIpc) is 2.51. The highest BCUT2D eigenvalue weighted by Crippen LogP contribution is 2.38. The van der Waals surface area contributed by atoms with Crippen LogP contribution in [0, 0.1) is 17.8 Å². The van der Waals surface area contributed by atoms with Crippen LogP contribution in [0.3, 0.4) is 0 Å². The Morgan fingerprint density at radius 1 is 1.33 bits per heavy atom. The Bertz CT molecular complexity index is 192. The fourth-order valence-corrected chi connectivity index (χ4v) is 3.25. The molecule has 1 aliphatic carbocycles. The van der Waals surface area contributed by atoms with Gasteiger partial charge in [0, 0.05) is 0 Å². The van der Waals surface area contributed by atoms with E-state index in [2.05, 4.69) is 27.4 Å². The summed E-state index contributed by atoms with van der Waals surface area (Å²) in [6, 6.07) is 0. The van der Waals surface area contributed by atoms with E-state index in [-0.39, 0.29) is 0 Å². The van der Waals surface area contributed by atoms with Gasteiger partial charge in [0.05, 0.1) is 0 Å². The summed E-state index contributed by atoms with van der Waals surface area (Å²) in [4.78, 5) is 0. The second kappa shape index (κ2) is 6.35. The van der Waals surface area contributed by atoms with E-state index < -0.39 is 0 Å². The van der Waals surface area contributed by atoms with Crippen LogP contribution in [0.1, 0.15) is 65.7 Å². The molecule has 0 spiro atoms. The second-order valence-corrected chi connectivity index (χ2v) is 5.84. The summed E-state index contributed by atoms with van der Waals surface area (Å²) in [5, 5.41) is 0. The van der Waals surface area contributed by atoms with Crippen molar-refractivity contribution in [2.75, 3.05) is 0 Å². The Hall–Kier alpha value is -0.260. The first kappa shape index (κ1) is 12.8. The van der Waals surface area contributed by atoms with Crippen molar-refractivity contribution in [1.82, 2.24) is 0 Å². The fourth-order valence-electron chi connectivity index (χ4n) is 3.25. The minimum atomic E-state index is 0.948. The molecule has 0 radical (unpaired) electrons. The molecule has 1 fully saturated rings. The zero-order valence-corrected chi connectivity index (χ0v) is 10.9. The maximum absolute atomic E-state index is 4.03. The van der Waals surface area contributed by atoms with E-state index in [0.717, 1.165) is 17.8 Å². The zero-order chi connectivity index (χ0) is 11.3. The molecule has 1 aliphatic rings. The van der Waals surface area contributed by atoms with Crippen molar-refractivity contribution in [3.05, 3.63) is 12.2 Å². The summed E-state index contributed by atoms with van der Waals surface area (Å²) in [6.07, 6.45) is 9.92. The third-order valence-electron chi connectivity index (χ3n) is 3.80. The molecule has 0 aromatic heterocycles. The van der Waals surface area contributed by atoms with Gasteiger partial charge in [-0.05, 0) is 50.4 Å². The summed E-state index contributed by atoms with van der Waals surface area (Å²) in [5.41, 5.74) is 1.38. The van der Waals surface area contributed by atoms with E-state index in [1.54, 1.807) is 0 Å². The molecule has 0 saturated heterocycles. The number of allylic oxidation sites excluding steroid dienone is 1. The lowest BCUT2D eigenvalue weighted by Gasteiger charge is -2.16. The van der Waals surface area contributed by atoms with E-state index in [9.17, 15) is 0 Å². The third kappa shape index (κ3) is 4.86. The van der Waals surface area contributed by atoms with Gasteiger partial charge in [0.2, 0.25) is 0 Å². The lowest BCUT2D eigenvalue weighted by atomic mass is 9.90. The Kier molecular flexibility index (Phi) is 5.42. The summed E-state index contributed by atoms with van der Waals surface area (Å²) in [5.74, 6) is 2.93. The molecule has 0 aromatic rings. The van der Waals surface area contributed by atoms with E-state index in [1.165, 1.54) is 50.5 Å². The van der Waals surface area contributed by atoms with E-state index in [1.807, 2.05) is 0 Å². The first-order chi connectivity index (χ1) is 7.11. The van der Waals surface area contributed by atoms with Gasteiger partial charge in [0.25, 0.3) is 0 Å². The third-order valence-corrected chi connectivity index (χ3v) is 3.80. The van der Waals surface area contributed by atoms with Gasteiger partial charge in [-0.2, -0.15) is 0 Å². The highest BCUT2D eigenvalue weighted by atomic mass is 14.3. The smallest absolute Gasteiger partial charge is 0.0297 e. The lowest BCUT2D eigenvalue weighted by molar-refractivity contribution is 0.366. The van der Waals surface area contributed by atoms with Gasteiger partial charge < -0.3 is 0 Å². The first-order valence-electron chi connectivity index (χ1n) is 6.76. The van der Waals surface area contributed by atoms with Crippen molar-refractivity contribution >= 4 is 0 Å². The molecular weight excluding hydrogens is 180 g/mol. The molecule has 3 atom stereocenters. The van der Waals surface area contributed by atoms with Crippen molar-refractivity contribution < 1.29 is 0 Å². The topological polar surface area (TPSA) is 0 Å². The highest BCUT2D eigenvalue weighted by Gasteiger charge is 2.25. The molecule has 0 aromatic carbocycles. The van der Waals surface area contributed by atoms with E-state index in [4.69, 9.17) is 0 Å². The molecule has 1 saturated carbocycles. The number of hydrogen-bond donors (Lipinski definition) is 0. The largest absolute Gasteiger partial charge is 0.100 e.